The van der Waals surface area contributed by atoms with Crippen LogP contribution < -0.4 is 10.2 Å². The van der Waals surface area contributed by atoms with Gasteiger partial charge in [-0.1, -0.05) is 31.4 Å². The largest absolute Gasteiger partial charge is 0.322 e. The van der Waals surface area contributed by atoms with Crippen LogP contribution in [0.3, 0.4) is 0 Å². The van der Waals surface area contributed by atoms with Crippen molar-refractivity contribution < 1.29 is 9.59 Å². The first-order valence-corrected chi connectivity index (χ1v) is 8.96. The highest BCUT2D eigenvalue weighted by Gasteiger charge is 2.43. The van der Waals surface area contributed by atoms with Crippen LogP contribution in [0.5, 0.6) is 0 Å². The van der Waals surface area contributed by atoms with Crippen LogP contribution in [0.2, 0.25) is 0 Å². The molecule has 130 valence electrons. The zero-order valence-corrected chi connectivity index (χ0v) is 14.7. The van der Waals surface area contributed by atoms with E-state index in [0.29, 0.717) is 12.2 Å². The summed E-state index contributed by atoms with van der Waals surface area (Å²) in [4.78, 5) is 29.5. The molecule has 1 aromatic carbocycles. The molecule has 0 bridgehead atoms. The van der Waals surface area contributed by atoms with Gasteiger partial charge in [-0.2, -0.15) is 0 Å². The summed E-state index contributed by atoms with van der Waals surface area (Å²) in [6, 6.07) is 7.53. The Morgan fingerprint density at radius 3 is 2.42 bits per heavy atom. The highest BCUT2D eigenvalue weighted by atomic mass is 16.2. The molecule has 0 unspecified atom stereocenters. The van der Waals surface area contributed by atoms with Crippen LogP contribution in [0.4, 0.5) is 11.4 Å². The summed E-state index contributed by atoms with van der Waals surface area (Å²) in [5, 5.41) is 2.91. The second kappa shape index (κ2) is 6.93. The van der Waals surface area contributed by atoms with Gasteiger partial charge in [0.2, 0.25) is 11.8 Å². The number of benzene rings is 1. The van der Waals surface area contributed by atoms with Gasteiger partial charge in [0, 0.05) is 0 Å². The first-order chi connectivity index (χ1) is 11.5. The van der Waals surface area contributed by atoms with Crippen molar-refractivity contribution in [3.63, 3.8) is 0 Å². The molecule has 1 aromatic rings. The average Bonchev–Trinajstić information content (AvgIpc) is 2.50. The van der Waals surface area contributed by atoms with Crippen molar-refractivity contribution in [3.05, 3.63) is 24.3 Å². The van der Waals surface area contributed by atoms with Gasteiger partial charge in [0.15, 0.2) is 0 Å². The van der Waals surface area contributed by atoms with Gasteiger partial charge in [-0.25, -0.2) is 0 Å². The van der Waals surface area contributed by atoms with E-state index in [1.165, 1.54) is 19.3 Å². The van der Waals surface area contributed by atoms with Crippen molar-refractivity contribution in [1.29, 1.82) is 0 Å². The van der Waals surface area contributed by atoms with E-state index in [9.17, 15) is 9.59 Å². The van der Waals surface area contributed by atoms with Crippen molar-refractivity contribution in [3.8, 4) is 0 Å². The van der Waals surface area contributed by atoms with Gasteiger partial charge in [-0.15, -0.1) is 0 Å². The number of likely N-dealkylation sites (tertiary alicyclic amines) is 1. The lowest BCUT2D eigenvalue weighted by atomic mass is 9.96. The smallest absolute Gasteiger partial charge is 0.250 e. The molecule has 0 atom stereocenters. The van der Waals surface area contributed by atoms with E-state index in [-0.39, 0.29) is 11.8 Å². The molecule has 0 saturated carbocycles. The number of rotatable bonds is 2. The fourth-order valence-electron chi connectivity index (χ4n) is 3.63. The van der Waals surface area contributed by atoms with Crippen molar-refractivity contribution in [2.75, 3.05) is 29.9 Å². The van der Waals surface area contributed by atoms with Crippen LogP contribution in [-0.2, 0) is 9.59 Å². The van der Waals surface area contributed by atoms with Gasteiger partial charge in [-0.3, -0.25) is 19.4 Å². The molecule has 0 aliphatic carbocycles. The van der Waals surface area contributed by atoms with E-state index in [1.54, 1.807) is 4.90 Å². The van der Waals surface area contributed by atoms with Crippen molar-refractivity contribution in [2.24, 2.45) is 0 Å². The van der Waals surface area contributed by atoms with Crippen LogP contribution in [0.1, 0.15) is 46.0 Å². The first-order valence-electron chi connectivity index (χ1n) is 8.96. The number of amides is 2. The van der Waals surface area contributed by atoms with Gasteiger partial charge in [-0.05, 0) is 51.9 Å². The molecule has 0 radical (unpaired) electrons. The van der Waals surface area contributed by atoms with Gasteiger partial charge >= 0.3 is 0 Å². The van der Waals surface area contributed by atoms with Crippen molar-refractivity contribution in [2.45, 2.75) is 51.5 Å². The molecule has 2 aliphatic rings. The SMILES string of the molecule is CC1(C)C(=O)Nc2ccccc2N1C(=O)CN1CCCCCCC1. The van der Waals surface area contributed by atoms with Crippen LogP contribution in [-0.4, -0.2) is 41.9 Å². The highest BCUT2D eigenvalue weighted by molar-refractivity contribution is 6.14. The third-order valence-corrected chi connectivity index (χ3v) is 5.06. The van der Waals surface area contributed by atoms with E-state index in [0.717, 1.165) is 31.6 Å². The summed E-state index contributed by atoms with van der Waals surface area (Å²) in [5.74, 6) is -0.134. The summed E-state index contributed by atoms with van der Waals surface area (Å²) in [6.07, 6.45) is 6.08. The molecule has 5 heteroatoms. The fourth-order valence-corrected chi connectivity index (χ4v) is 3.63. The number of nitrogens with zero attached hydrogens (tertiary/aromatic N) is 2. The van der Waals surface area contributed by atoms with Gasteiger partial charge < -0.3 is 5.32 Å². The van der Waals surface area contributed by atoms with E-state index in [4.69, 9.17) is 0 Å². The van der Waals surface area contributed by atoms with Gasteiger partial charge in [0.05, 0.1) is 17.9 Å². The molecule has 24 heavy (non-hydrogen) atoms. The summed E-state index contributed by atoms with van der Waals surface area (Å²) in [7, 11) is 0. The minimum Gasteiger partial charge on any atom is -0.322 e. The number of nitrogens with one attached hydrogen (secondary N) is 1. The number of hydrogen-bond donors (Lipinski definition) is 1. The highest BCUT2D eigenvalue weighted by Crippen LogP contribution is 2.36. The molecule has 0 spiro atoms. The lowest BCUT2D eigenvalue weighted by Crippen LogP contribution is -2.60. The Morgan fingerprint density at radius 2 is 1.71 bits per heavy atom. The maximum atomic E-state index is 13.1. The predicted molar refractivity (Wildman–Crippen MR) is 96.2 cm³/mol. The van der Waals surface area contributed by atoms with Crippen LogP contribution >= 0.6 is 0 Å². The number of para-hydroxylation sites is 2. The molecule has 2 amide bonds. The maximum absolute atomic E-state index is 13.1. The quantitative estimate of drug-likeness (QED) is 0.907. The Morgan fingerprint density at radius 1 is 1.08 bits per heavy atom. The minimum atomic E-state index is -0.881. The average molecular weight is 329 g/mol. The first kappa shape index (κ1) is 17.0. The monoisotopic (exact) mass is 329 g/mol. The lowest BCUT2D eigenvalue weighted by Gasteiger charge is -2.42. The third-order valence-electron chi connectivity index (χ3n) is 5.06. The van der Waals surface area contributed by atoms with Crippen LogP contribution in [0.25, 0.3) is 0 Å². The van der Waals surface area contributed by atoms with Crippen LogP contribution in [0, 0.1) is 0 Å². The number of carbonyl (C=O) groups excluding carboxylic acids is 2. The summed E-state index contributed by atoms with van der Waals surface area (Å²) < 4.78 is 0. The van der Waals surface area contributed by atoms with Gasteiger partial charge in [0.25, 0.3) is 0 Å². The van der Waals surface area contributed by atoms with E-state index in [2.05, 4.69) is 10.2 Å². The molecule has 5 nitrogen and oxygen atoms in total. The Hall–Kier alpha value is -1.88. The standard InChI is InChI=1S/C19H27N3O2/c1-19(2)18(24)20-15-10-6-7-11-16(15)22(19)17(23)14-21-12-8-4-3-5-9-13-21/h6-7,10-11H,3-5,8-9,12-14H2,1-2H3,(H,20,24). The van der Waals surface area contributed by atoms with Crippen LogP contribution in [0.15, 0.2) is 24.3 Å². The predicted octanol–water partition coefficient (Wildman–Crippen LogP) is 3.02. The van der Waals surface area contributed by atoms with E-state index in [1.807, 2.05) is 38.1 Å². The maximum Gasteiger partial charge on any atom is 0.250 e. The Kier molecular flexibility index (Phi) is 4.90. The van der Waals surface area contributed by atoms with Crippen molar-refractivity contribution in [1.82, 2.24) is 4.90 Å². The number of anilines is 2. The molecule has 3 rings (SSSR count). The molecule has 0 aromatic heterocycles. The third kappa shape index (κ3) is 3.31. The molecule has 1 saturated heterocycles. The second-order valence-electron chi connectivity index (χ2n) is 7.30. The molecule has 1 fully saturated rings. The number of carbonyl (C=O) groups is 2. The molecular weight excluding hydrogens is 302 g/mol. The molecule has 2 aliphatic heterocycles. The number of hydrogen-bond acceptors (Lipinski definition) is 3. The summed E-state index contributed by atoms with van der Waals surface area (Å²) in [5.41, 5.74) is 0.621. The zero-order valence-electron chi connectivity index (χ0n) is 14.7. The molecule has 2 heterocycles. The normalized spacial score (nSPS) is 21.4. The summed E-state index contributed by atoms with van der Waals surface area (Å²) >= 11 is 0. The van der Waals surface area contributed by atoms with Crippen molar-refractivity contribution >= 4 is 23.2 Å². The topological polar surface area (TPSA) is 52.7 Å². The van der Waals surface area contributed by atoms with E-state index >= 15 is 0 Å². The van der Waals surface area contributed by atoms with E-state index < -0.39 is 5.54 Å². The Balaban J connectivity index is 1.82. The minimum absolute atomic E-state index is 0.00266. The van der Waals surface area contributed by atoms with Gasteiger partial charge in [0.1, 0.15) is 5.54 Å². The second-order valence-corrected chi connectivity index (χ2v) is 7.30. The Labute approximate surface area is 144 Å². The molecule has 1 N–H and O–H groups in total. The lowest BCUT2D eigenvalue weighted by molar-refractivity contribution is -0.127. The molecular formula is C19H27N3O2. The number of fused-ring (bicyclic) bond motifs is 1. The Bertz CT molecular complexity index is 619. The summed E-state index contributed by atoms with van der Waals surface area (Å²) in [6.45, 7) is 5.93. The fraction of sp³-hybridized carbons (Fsp3) is 0.579. The zero-order chi connectivity index (χ0) is 17.2.